The van der Waals surface area contributed by atoms with Crippen molar-refractivity contribution in [2.75, 3.05) is 6.61 Å². The molecule has 2 N–H and O–H groups in total. The van der Waals surface area contributed by atoms with Gasteiger partial charge >= 0.3 is 12.3 Å². The molecule has 3 atom stereocenters. The van der Waals surface area contributed by atoms with Gasteiger partial charge in [0.1, 0.15) is 5.75 Å². The first-order valence-electron chi connectivity index (χ1n) is 10.7. The molecule has 0 aliphatic carbocycles. The summed E-state index contributed by atoms with van der Waals surface area (Å²) in [7, 11) is -2.65. The molecule has 9 nitrogen and oxygen atoms in total. The molecule has 1 rings (SSSR count). The fourth-order valence-electron chi connectivity index (χ4n) is 2.90. The molecular formula is C22H38O9S. The first-order chi connectivity index (χ1) is 15.0. The number of benzene rings is 1. The molecule has 0 bridgehead atoms. The Morgan fingerprint density at radius 1 is 1.06 bits per heavy atom. The summed E-state index contributed by atoms with van der Waals surface area (Å²) in [5.41, 5.74) is -0.851. The standard InChI is InChI=1S/C16H24O5.C6H14O4S/c1-12(10-16(2,3)4)11-19-14(17)15(21-18)20-13-8-6-5-7-9-13;1-2-3-4-5-6(10-7)11(8)9/h5-9,12,15,18H,10-11H2,1-4H3;6-7,11H,2-5H2,1H3. The highest BCUT2D eigenvalue weighted by molar-refractivity contribution is 7.72. The fraction of sp³-hybridized carbons (Fsp3) is 0.682. The Bertz CT molecular complexity index is 678. The monoisotopic (exact) mass is 478 g/mol. The molecule has 0 spiro atoms. The van der Waals surface area contributed by atoms with E-state index >= 15 is 0 Å². The van der Waals surface area contributed by atoms with Crippen LogP contribution in [0.15, 0.2) is 30.3 Å². The van der Waals surface area contributed by atoms with Crippen molar-refractivity contribution >= 4 is 16.7 Å². The van der Waals surface area contributed by atoms with Crippen LogP contribution in [0.3, 0.4) is 0 Å². The van der Waals surface area contributed by atoms with Gasteiger partial charge in [0, 0.05) is 0 Å². The predicted octanol–water partition coefficient (Wildman–Crippen LogP) is 4.49. The van der Waals surface area contributed by atoms with Crippen LogP contribution in [0.4, 0.5) is 0 Å². The first kappa shape index (κ1) is 30.3. The van der Waals surface area contributed by atoms with E-state index in [9.17, 15) is 13.2 Å². The number of thiol groups is 1. The lowest BCUT2D eigenvalue weighted by Gasteiger charge is -2.23. The number of rotatable bonds is 13. The second-order valence-corrected chi connectivity index (χ2v) is 9.86. The van der Waals surface area contributed by atoms with Crippen molar-refractivity contribution in [1.29, 1.82) is 0 Å². The Morgan fingerprint density at radius 2 is 1.69 bits per heavy atom. The van der Waals surface area contributed by atoms with E-state index in [0.717, 1.165) is 25.7 Å². The molecule has 0 heterocycles. The van der Waals surface area contributed by atoms with Gasteiger partial charge in [0.2, 0.25) is 0 Å². The maximum atomic E-state index is 11.8. The third-order valence-electron chi connectivity index (χ3n) is 4.16. The molecule has 0 aromatic heterocycles. The zero-order chi connectivity index (χ0) is 24.6. The number of hydrogen-bond acceptors (Lipinski definition) is 9. The minimum absolute atomic E-state index is 0.166. The predicted molar refractivity (Wildman–Crippen MR) is 121 cm³/mol. The maximum absolute atomic E-state index is 11.8. The van der Waals surface area contributed by atoms with Gasteiger partial charge < -0.3 is 9.47 Å². The molecule has 32 heavy (non-hydrogen) atoms. The van der Waals surface area contributed by atoms with Crippen LogP contribution in [0.1, 0.15) is 66.7 Å². The van der Waals surface area contributed by atoms with Crippen molar-refractivity contribution in [3.8, 4) is 5.75 Å². The summed E-state index contributed by atoms with van der Waals surface area (Å²) >= 11 is 0. The highest BCUT2D eigenvalue weighted by Gasteiger charge is 2.25. The Kier molecular flexibility index (Phi) is 15.9. The Morgan fingerprint density at radius 3 is 2.16 bits per heavy atom. The average molecular weight is 479 g/mol. The van der Waals surface area contributed by atoms with Crippen molar-refractivity contribution in [2.24, 2.45) is 11.3 Å². The Labute approximate surface area is 192 Å². The van der Waals surface area contributed by atoms with Crippen LogP contribution in [0.2, 0.25) is 0 Å². The molecule has 1 aromatic carbocycles. The van der Waals surface area contributed by atoms with Gasteiger partial charge in [-0.2, -0.15) is 4.89 Å². The highest BCUT2D eigenvalue weighted by atomic mass is 32.2. The second kappa shape index (κ2) is 16.8. The topological polar surface area (TPSA) is 129 Å². The van der Waals surface area contributed by atoms with Crippen LogP contribution < -0.4 is 4.74 Å². The van der Waals surface area contributed by atoms with Gasteiger partial charge in [-0.3, -0.25) is 5.26 Å². The lowest BCUT2D eigenvalue weighted by Crippen LogP contribution is -2.32. The summed E-state index contributed by atoms with van der Waals surface area (Å²) in [6, 6.07) is 8.62. The molecule has 1 aromatic rings. The van der Waals surface area contributed by atoms with Gasteiger partial charge in [-0.05, 0) is 42.7 Å². The Balaban J connectivity index is 0.000000739. The van der Waals surface area contributed by atoms with Crippen LogP contribution >= 0.6 is 0 Å². The van der Waals surface area contributed by atoms with Crippen molar-refractivity contribution < 1.29 is 43.0 Å². The number of para-hydroxylation sites is 1. The molecule has 0 aliphatic rings. The zero-order valence-electron chi connectivity index (χ0n) is 19.6. The van der Waals surface area contributed by atoms with Gasteiger partial charge in [0.05, 0.1) is 6.61 Å². The van der Waals surface area contributed by atoms with E-state index in [-0.39, 0.29) is 17.9 Å². The maximum Gasteiger partial charge on any atom is 0.379 e. The lowest BCUT2D eigenvalue weighted by molar-refractivity contribution is -0.319. The number of carbonyl (C=O) groups excluding carboxylic acids is 1. The van der Waals surface area contributed by atoms with E-state index in [0.29, 0.717) is 12.2 Å². The number of ether oxygens (including phenoxy) is 2. The molecule has 0 saturated carbocycles. The molecule has 0 saturated heterocycles. The van der Waals surface area contributed by atoms with Gasteiger partial charge in [0.15, 0.2) is 16.1 Å². The molecule has 186 valence electrons. The van der Waals surface area contributed by atoms with Gasteiger partial charge in [-0.1, -0.05) is 65.7 Å². The Hall–Kier alpha value is -1.72. The minimum atomic E-state index is -2.65. The summed E-state index contributed by atoms with van der Waals surface area (Å²) < 4.78 is 30.9. The van der Waals surface area contributed by atoms with Crippen LogP contribution in [0.5, 0.6) is 5.75 Å². The molecule has 10 heteroatoms. The number of esters is 1. The van der Waals surface area contributed by atoms with Crippen molar-refractivity contribution in [3.63, 3.8) is 0 Å². The van der Waals surface area contributed by atoms with Crippen molar-refractivity contribution in [3.05, 3.63) is 30.3 Å². The summed E-state index contributed by atoms with van der Waals surface area (Å²) in [5, 5.41) is 16.9. The quantitative estimate of drug-likeness (QED) is 0.0937. The third-order valence-corrected chi connectivity index (χ3v) is 4.98. The lowest BCUT2D eigenvalue weighted by atomic mass is 9.86. The van der Waals surface area contributed by atoms with E-state index in [1.807, 2.05) is 19.9 Å². The molecule has 0 aliphatic heterocycles. The smallest absolute Gasteiger partial charge is 0.379 e. The zero-order valence-corrected chi connectivity index (χ0v) is 20.5. The summed E-state index contributed by atoms with van der Waals surface area (Å²) in [5.74, 6) is -0.122. The van der Waals surface area contributed by atoms with E-state index < -0.39 is 28.4 Å². The van der Waals surface area contributed by atoms with Gasteiger partial charge in [0.25, 0.3) is 0 Å². The number of hydrogen-bond donors (Lipinski definition) is 3. The van der Waals surface area contributed by atoms with Crippen LogP contribution in [0.25, 0.3) is 0 Å². The molecular weight excluding hydrogens is 440 g/mol. The molecule has 0 radical (unpaired) electrons. The average Bonchev–Trinajstić information content (AvgIpc) is 2.73. The van der Waals surface area contributed by atoms with E-state index in [1.165, 1.54) is 0 Å². The van der Waals surface area contributed by atoms with Gasteiger partial charge in [-0.25, -0.2) is 23.4 Å². The summed E-state index contributed by atoms with van der Waals surface area (Å²) in [6.45, 7) is 10.7. The third kappa shape index (κ3) is 15.1. The number of unbranched alkanes of at least 4 members (excludes halogenated alkanes) is 2. The normalized spacial score (nSPS) is 14.1. The SMILES string of the molecule is CC(COC(=O)C(OO)Oc1ccccc1)CC(C)(C)C.CCCCCC(OO)[SH](=O)=O. The van der Waals surface area contributed by atoms with Gasteiger partial charge in [-0.15, -0.1) is 0 Å². The second-order valence-electron chi connectivity index (χ2n) is 8.71. The van der Waals surface area contributed by atoms with Crippen molar-refractivity contribution in [1.82, 2.24) is 0 Å². The summed E-state index contributed by atoms with van der Waals surface area (Å²) in [6.07, 6.45) is 2.57. The van der Waals surface area contributed by atoms with Crippen LogP contribution in [-0.2, 0) is 30.0 Å². The van der Waals surface area contributed by atoms with Crippen LogP contribution in [0, 0.1) is 11.3 Å². The fourth-order valence-corrected chi connectivity index (χ4v) is 3.37. The summed E-state index contributed by atoms with van der Waals surface area (Å²) in [4.78, 5) is 19.6. The van der Waals surface area contributed by atoms with E-state index in [4.69, 9.17) is 20.0 Å². The van der Waals surface area contributed by atoms with Crippen molar-refractivity contribution in [2.45, 2.75) is 78.4 Å². The largest absolute Gasteiger partial charge is 0.461 e. The first-order valence-corrected chi connectivity index (χ1v) is 11.9. The molecule has 3 unspecified atom stereocenters. The van der Waals surface area contributed by atoms with E-state index in [1.54, 1.807) is 24.3 Å². The minimum Gasteiger partial charge on any atom is -0.461 e. The highest BCUT2D eigenvalue weighted by Crippen LogP contribution is 2.24. The number of carbonyl (C=O) groups is 1. The molecule has 0 amide bonds. The molecule has 0 fully saturated rings. The van der Waals surface area contributed by atoms with E-state index in [2.05, 4.69) is 30.5 Å². The van der Waals surface area contributed by atoms with Crippen LogP contribution in [-0.4, -0.2) is 43.2 Å².